The zero-order valence-electron chi connectivity index (χ0n) is 19.3. The minimum atomic E-state index is -4.13. The number of halogens is 3. The van der Waals surface area contributed by atoms with E-state index in [2.05, 4.69) is 5.32 Å². The largest absolute Gasteiger partial charge is 0.355 e. The van der Waals surface area contributed by atoms with Gasteiger partial charge in [-0.1, -0.05) is 29.3 Å². The van der Waals surface area contributed by atoms with Crippen LogP contribution in [0.3, 0.4) is 0 Å². The highest BCUT2D eigenvalue weighted by molar-refractivity contribution is 7.90. The van der Waals surface area contributed by atoms with Gasteiger partial charge in [0.2, 0.25) is 11.8 Å². The van der Waals surface area contributed by atoms with Gasteiger partial charge in [-0.15, -0.1) is 0 Å². The molecule has 2 rings (SSSR count). The third-order valence-corrected chi connectivity index (χ3v) is 7.57. The number of likely N-dealkylation sites (N-methyl/N-ethyl adjacent to an activating group) is 1. The van der Waals surface area contributed by atoms with E-state index < -0.39 is 40.4 Å². The van der Waals surface area contributed by atoms with Crippen LogP contribution in [0.2, 0.25) is 10.0 Å². The first-order valence-electron chi connectivity index (χ1n) is 10.4. The molecule has 0 unspecified atom stereocenters. The maximum Gasteiger partial charge on any atom is 0.304 e. The van der Waals surface area contributed by atoms with Crippen molar-refractivity contribution in [1.82, 2.24) is 14.5 Å². The molecular weight excluding hydrogens is 506 g/mol. The van der Waals surface area contributed by atoms with Crippen molar-refractivity contribution in [3.05, 3.63) is 63.9 Å². The minimum Gasteiger partial charge on any atom is -0.355 e. The van der Waals surface area contributed by atoms with Gasteiger partial charge in [0, 0.05) is 42.8 Å². The van der Waals surface area contributed by atoms with Crippen molar-refractivity contribution in [1.29, 1.82) is 0 Å². The van der Waals surface area contributed by atoms with Gasteiger partial charge in [0.25, 0.3) is 0 Å². The zero-order chi connectivity index (χ0) is 25.6. The van der Waals surface area contributed by atoms with Crippen molar-refractivity contribution in [3.8, 4) is 0 Å². The van der Waals surface area contributed by atoms with Gasteiger partial charge in [0.05, 0.1) is 5.69 Å². The van der Waals surface area contributed by atoms with Crippen LogP contribution in [0.15, 0.2) is 42.5 Å². The van der Waals surface area contributed by atoms with Gasteiger partial charge in [-0.05, 0) is 50.2 Å². The van der Waals surface area contributed by atoms with Crippen LogP contribution in [-0.2, 0) is 26.3 Å². The fraction of sp³-hybridized carbons (Fsp3) is 0.364. The maximum atomic E-state index is 13.5. The minimum absolute atomic E-state index is 0.0878. The molecule has 0 bridgehead atoms. The summed E-state index contributed by atoms with van der Waals surface area (Å²) in [6, 6.07) is 8.59. The van der Waals surface area contributed by atoms with Crippen molar-refractivity contribution in [2.24, 2.45) is 0 Å². The molecule has 0 aromatic heterocycles. The number of nitrogens with one attached hydrogen (secondary N) is 1. The molecule has 0 aliphatic rings. The lowest BCUT2D eigenvalue weighted by molar-refractivity contribution is -0.139. The van der Waals surface area contributed by atoms with E-state index in [-0.39, 0.29) is 12.2 Å². The predicted octanol–water partition coefficient (Wildman–Crippen LogP) is 3.30. The Labute approximate surface area is 209 Å². The number of nitrogens with zero attached hydrogens (tertiary/aromatic N) is 3. The number of amides is 2. The summed E-state index contributed by atoms with van der Waals surface area (Å²) in [6.07, 6.45) is 0. The Kier molecular flexibility index (Phi) is 9.69. The molecule has 0 spiro atoms. The van der Waals surface area contributed by atoms with Crippen LogP contribution in [0.1, 0.15) is 19.4 Å². The molecule has 12 heteroatoms. The van der Waals surface area contributed by atoms with E-state index in [4.69, 9.17) is 23.2 Å². The summed E-state index contributed by atoms with van der Waals surface area (Å²) in [7, 11) is -1.51. The fourth-order valence-electron chi connectivity index (χ4n) is 3.08. The first-order valence-corrected chi connectivity index (χ1v) is 12.5. The summed E-state index contributed by atoms with van der Waals surface area (Å²) in [5, 5.41) is 3.25. The molecule has 0 heterocycles. The van der Waals surface area contributed by atoms with Crippen LogP contribution >= 0.6 is 23.2 Å². The lowest BCUT2D eigenvalue weighted by Gasteiger charge is -2.33. The lowest BCUT2D eigenvalue weighted by Crippen LogP contribution is -2.52. The molecule has 0 radical (unpaired) electrons. The van der Waals surface area contributed by atoms with Crippen LogP contribution in [0.4, 0.5) is 10.1 Å². The standard InChI is InChI=1S/C22H27Cl2FN4O4S/c1-5-26-22(31)15(2)28(13-18-19(23)7-6-8-20(18)24)21(30)14-29(34(32,33)27(3)4)17-11-9-16(25)10-12-17/h6-12,15H,5,13-14H2,1-4H3,(H,26,31)/t15-/m0/s1. The lowest BCUT2D eigenvalue weighted by atomic mass is 10.1. The van der Waals surface area contributed by atoms with Gasteiger partial charge in [-0.3, -0.25) is 9.59 Å². The molecular formula is C22H27Cl2FN4O4S. The van der Waals surface area contributed by atoms with Crippen LogP contribution in [0, 0.1) is 5.82 Å². The van der Waals surface area contributed by atoms with Crippen LogP contribution in [0.5, 0.6) is 0 Å². The van der Waals surface area contributed by atoms with Gasteiger partial charge in [0.15, 0.2) is 0 Å². The maximum absolute atomic E-state index is 13.5. The molecule has 186 valence electrons. The molecule has 2 aromatic carbocycles. The summed E-state index contributed by atoms with van der Waals surface area (Å²) in [4.78, 5) is 27.3. The van der Waals surface area contributed by atoms with Crippen molar-refractivity contribution in [2.75, 3.05) is 31.5 Å². The second kappa shape index (κ2) is 11.8. The molecule has 1 N–H and O–H groups in total. The highest BCUT2D eigenvalue weighted by Gasteiger charge is 2.33. The summed E-state index contributed by atoms with van der Waals surface area (Å²) in [6.45, 7) is 2.83. The van der Waals surface area contributed by atoms with E-state index in [0.29, 0.717) is 22.2 Å². The van der Waals surface area contributed by atoms with Crippen molar-refractivity contribution >= 4 is 50.9 Å². The topological polar surface area (TPSA) is 90.0 Å². The number of hydrogen-bond acceptors (Lipinski definition) is 4. The van der Waals surface area contributed by atoms with Crippen LogP contribution in [0.25, 0.3) is 0 Å². The fourth-order valence-corrected chi connectivity index (χ4v) is 4.66. The second-order valence-electron chi connectivity index (χ2n) is 7.57. The van der Waals surface area contributed by atoms with Crippen LogP contribution in [-0.4, -0.2) is 62.7 Å². The zero-order valence-corrected chi connectivity index (χ0v) is 21.6. The van der Waals surface area contributed by atoms with Gasteiger partial charge >= 0.3 is 10.2 Å². The Bertz CT molecular complexity index is 1110. The van der Waals surface area contributed by atoms with Gasteiger partial charge in [-0.25, -0.2) is 8.70 Å². The number of anilines is 1. The quantitative estimate of drug-likeness (QED) is 0.508. The molecule has 34 heavy (non-hydrogen) atoms. The van der Waals surface area contributed by atoms with Crippen molar-refractivity contribution in [2.45, 2.75) is 26.4 Å². The Morgan fingerprint density at radius 3 is 2.12 bits per heavy atom. The van der Waals surface area contributed by atoms with E-state index in [1.807, 2.05) is 0 Å². The van der Waals surface area contributed by atoms with E-state index >= 15 is 0 Å². The number of benzene rings is 2. The first kappa shape index (κ1) is 27.8. The van der Waals surface area contributed by atoms with Gasteiger partial charge < -0.3 is 10.2 Å². The Morgan fingerprint density at radius 2 is 1.62 bits per heavy atom. The summed E-state index contributed by atoms with van der Waals surface area (Å²) < 4.78 is 41.3. The monoisotopic (exact) mass is 532 g/mol. The highest BCUT2D eigenvalue weighted by atomic mass is 35.5. The van der Waals surface area contributed by atoms with Crippen molar-refractivity contribution in [3.63, 3.8) is 0 Å². The average Bonchev–Trinajstić information content (AvgIpc) is 2.77. The summed E-state index contributed by atoms with van der Waals surface area (Å²) in [5.74, 6) is -1.66. The van der Waals surface area contributed by atoms with Crippen LogP contribution < -0.4 is 9.62 Å². The number of carbonyl (C=O) groups is 2. The highest BCUT2D eigenvalue weighted by Crippen LogP contribution is 2.27. The van der Waals surface area contributed by atoms with Gasteiger partial charge in [0.1, 0.15) is 18.4 Å². The molecule has 0 saturated carbocycles. The third kappa shape index (κ3) is 6.59. The van der Waals surface area contributed by atoms with E-state index in [0.717, 1.165) is 20.7 Å². The van der Waals surface area contributed by atoms with E-state index in [1.54, 1.807) is 25.1 Å². The number of carbonyl (C=O) groups excluding carboxylic acids is 2. The molecule has 0 fully saturated rings. The molecule has 0 saturated heterocycles. The third-order valence-electron chi connectivity index (χ3n) is 5.04. The Balaban J connectivity index is 2.50. The average molecular weight is 533 g/mol. The normalized spacial score (nSPS) is 12.4. The number of hydrogen-bond donors (Lipinski definition) is 1. The van der Waals surface area contributed by atoms with Crippen molar-refractivity contribution < 1.29 is 22.4 Å². The predicted molar refractivity (Wildman–Crippen MR) is 132 cm³/mol. The molecule has 0 aliphatic carbocycles. The molecule has 0 aliphatic heterocycles. The van der Waals surface area contributed by atoms with E-state index in [1.165, 1.54) is 38.1 Å². The van der Waals surface area contributed by atoms with E-state index in [9.17, 15) is 22.4 Å². The molecule has 1 atom stereocenters. The SMILES string of the molecule is CCNC(=O)[C@H](C)N(Cc1c(Cl)cccc1Cl)C(=O)CN(c1ccc(F)cc1)S(=O)(=O)N(C)C. The Morgan fingerprint density at radius 1 is 1.06 bits per heavy atom. The smallest absolute Gasteiger partial charge is 0.304 e. The number of rotatable bonds is 10. The molecule has 2 aromatic rings. The molecule has 2 amide bonds. The second-order valence-corrected chi connectivity index (χ2v) is 10.4. The molecule has 8 nitrogen and oxygen atoms in total. The Hall–Kier alpha value is -2.40. The van der Waals surface area contributed by atoms with Gasteiger partial charge in [-0.2, -0.15) is 12.7 Å². The summed E-state index contributed by atoms with van der Waals surface area (Å²) >= 11 is 12.6. The first-order chi connectivity index (χ1) is 15.9. The summed E-state index contributed by atoms with van der Waals surface area (Å²) in [5.41, 5.74) is 0.504.